The summed E-state index contributed by atoms with van der Waals surface area (Å²) in [6, 6.07) is -0.000506. The van der Waals surface area contributed by atoms with Gasteiger partial charge in [0.05, 0.1) is 6.61 Å². The van der Waals surface area contributed by atoms with Crippen LogP contribution < -0.4 is 5.32 Å². The van der Waals surface area contributed by atoms with Crippen molar-refractivity contribution in [3.05, 3.63) is 11.1 Å². The normalized spacial score (nSPS) is 18.9. The Balaban J connectivity index is 2.56. The van der Waals surface area contributed by atoms with Crippen LogP contribution >= 0.6 is 11.8 Å². The fourth-order valence-electron chi connectivity index (χ4n) is 2.18. The molecule has 0 heterocycles. The van der Waals surface area contributed by atoms with Gasteiger partial charge in [0.25, 0.3) is 0 Å². The minimum atomic E-state index is -0.000506. The fourth-order valence-corrected chi connectivity index (χ4v) is 2.81. The van der Waals surface area contributed by atoms with E-state index in [2.05, 4.69) is 5.32 Å². The fraction of sp³-hybridized carbons (Fsp3) is 0.769. The van der Waals surface area contributed by atoms with Crippen molar-refractivity contribution in [3.8, 4) is 0 Å². The molecule has 3 nitrogen and oxygen atoms in total. The van der Waals surface area contributed by atoms with Crippen LogP contribution in [0.5, 0.6) is 0 Å². The van der Waals surface area contributed by atoms with Crippen LogP contribution in [-0.4, -0.2) is 35.2 Å². The second-order valence-corrected chi connectivity index (χ2v) is 5.73. The molecule has 2 atom stereocenters. The Kier molecular flexibility index (Phi) is 6.06. The van der Waals surface area contributed by atoms with E-state index in [0.29, 0.717) is 0 Å². The van der Waals surface area contributed by atoms with Gasteiger partial charge in [-0.3, -0.25) is 4.79 Å². The summed E-state index contributed by atoms with van der Waals surface area (Å²) in [5.41, 5.74) is 2.19. The van der Waals surface area contributed by atoms with E-state index in [9.17, 15) is 9.90 Å². The molecule has 17 heavy (non-hydrogen) atoms. The Morgan fingerprint density at radius 1 is 1.47 bits per heavy atom. The van der Waals surface area contributed by atoms with Gasteiger partial charge in [0.15, 0.2) is 0 Å². The molecular formula is C13H23NO2S. The number of amides is 1. The molecule has 1 saturated carbocycles. The highest BCUT2D eigenvalue weighted by Gasteiger charge is 2.20. The summed E-state index contributed by atoms with van der Waals surface area (Å²) in [7, 11) is 0. The van der Waals surface area contributed by atoms with E-state index >= 15 is 0 Å². The number of hydrogen-bond donors (Lipinski definition) is 2. The van der Waals surface area contributed by atoms with Gasteiger partial charge in [-0.05, 0) is 45.8 Å². The molecule has 0 bridgehead atoms. The van der Waals surface area contributed by atoms with E-state index in [0.717, 1.165) is 18.4 Å². The number of rotatable bonds is 5. The Labute approximate surface area is 108 Å². The molecule has 0 aromatic heterocycles. The lowest BCUT2D eigenvalue weighted by molar-refractivity contribution is -0.118. The Morgan fingerprint density at radius 3 is 2.53 bits per heavy atom. The van der Waals surface area contributed by atoms with Crippen LogP contribution in [-0.2, 0) is 4.79 Å². The van der Waals surface area contributed by atoms with Crippen LogP contribution in [0.15, 0.2) is 11.1 Å². The predicted molar refractivity (Wildman–Crippen MR) is 73.2 cm³/mol. The molecule has 0 saturated heterocycles. The number of allylic oxidation sites excluding steroid dienone is 1. The van der Waals surface area contributed by atoms with Gasteiger partial charge in [-0.2, -0.15) is 11.8 Å². The second kappa shape index (κ2) is 7.07. The first-order valence-electron chi connectivity index (χ1n) is 6.23. The lowest BCUT2D eigenvalue weighted by Crippen LogP contribution is -2.41. The number of thioether (sulfide) groups is 1. The van der Waals surface area contributed by atoms with E-state index in [-0.39, 0.29) is 23.8 Å². The van der Waals surface area contributed by atoms with Gasteiger partial charge in [0.1, 0.15) is 0 Å². The molecule has 98 valence electrons. The summed E-state index contributed by atoms with van der Waals surface area (Å²) in [5, 5.41) is 12.2. The summed E-state index contributed by atoms with van der Waals surface area (Å²) in [6.45, 7) is 3.95. The lowest BCUT2D eigenvalue weighted by Gasteiger charge is -2.21. The van der Waals surface area contributed by atoms with Crippen molar-refractivity contribution >= 4 is 17.7 Å². The monoisotopic (exact) mass is 257 g/mol. The maximum Gasteiger partial charge on any atom is 0.247 e. The highest BCUT2D eigenvalue weighted by molar-refractivity contribution is 7.99. The Hall–Kier alpha value is -0.480. The van der Waals surface area contributed by atoms with Crippen LogP contribution in [0.25, 0.3) is 0 Å². The summed E-state index contributed by atoms with van der Waals surface area (Å²) < 4.78 is 0. The van der Waals surface area contributed by atoms with Crippen LogP contribution in [0.1, 0.15) is 39.5 Å². The average molecular weight is 257 g/mol. The molecule has 0 aromatic rings. The first kappa shape index (κ1) is 14.6. The highest BCUT2D eigenvalue weighted by atomic mass is 32.2. The zero-order valence-corrected chi connectivity index (χ0v) is 11.8. The van der Waals surface area contributed by atoms with Crippen molar-refractivity contribution in [2.24, 2.45) is 0 Å². The summed E-state index contributed by atoms with van der Waals surface area (Å²) in [5.74, 6) is 0.0295. The molecule has 1 aliphatic carbocycles. The molecule has 0 aromatic carbocycles. The molecular weight excluding hydrogens is 234 g/mol. The number of aliphatic hydroxyl groups is 1. The molecule has 1 aliphatic rings. The molecule has 1 amide bonds. The number of nitrogens with one attached hydrogen (secondary N) is 1. The molecule has 0 radical (unpaired) electrons. The van der Waals surface area contributed by atoms with Crippen LogP contribution in [0.2, 0.25) is 0 Å². The van der Waals surface area contributed by atoms with Crippen molar-refractivity contribution in [3.63, 3.8) is 0 Å². The first-order chi connectivity index (χ1) is 8.10. The molecule has 4 heteroatoms. The van der Waals surface area contributed by atoms with Crippen LogP contribution in [0.3, 0.4) is 0 Å². The van der Waals surface area contributed by atoms with Crippen molar-refractivity contribution < 1.29 is 9.90 Å². The Morgan fingerprint density at radius 2 is 2.06 bits per heavy atom. The zero-order valence-electron chi connectivity index (χ0n) is 11.0. The SMILES string of the molecule is CS[C@H](CO)[C@@H](C)NC(=O)C(C)=C1CCCC1. The molecule has 1 fully saturated rings. The molecule has 0 aliphatic heterocycles. The van der Waals surface area contributed by atoms with E-state index in [1.54, 1.807) is 11.8 Å². The highest BCUT2D eigenvalue weighted by Crippen LogP contribution is 2.26. The van der Waals surface area contributed by atoms with E-state index in [1.165, 1.54) is 18.4 Å². The smallest absolute Gasteiger partial charge is 0.247 e. The third-order valence-corrected chi connectivity index (χ3v) is 4.64. The van der Waals surface area contributed by atoms with Crippen molar-refractivity contribution in [1.29, 1.82) is 0 Å². The van der Waals surface area contributed by atoms with Crippen LogP contribution in [0.4, 0.5) is 0 Å². The minimum absolute atomic E-state index is 0.000506. The Bertz CT molecular complexity index is 290. The second-order valence-electron chi connectivity index (χ2n) is 4.65. The number of aliphatic hydroxyl groups excluding tert-OH is 1. The maximum atomic E-state index is 12.0. The van der Waals surface area contributed by atoms with Gasteiger partial charge in [0, 0.05) is 16.9 Å². The summed E-state index contributed by atoms with van der Waals surface area (Å²) in [4.78, 5) is 12.0. The van der Waals surface area contributed by atoms with Crippen LogP contribution in [0, 0.1) is 0 Å². The summed E-state index contributed by atoms with van der Waals surface area (Å²) >= 11 is 1.58. The topological polar surface area (TPSA) is 49.3 Å². The van der Waals surface area contributed by atoms with Gasteiger partial charge >= 0.3 is 0 Å². The van der Waals surface area contributed by atoms with Gasteiger partial charge in [-0.15, -0.1) is 0 Å². The molecule has 0 spiro atoms. The maximum absolute atomic E-state index is 12.0. The van der Waals surface area contributed by atoms with E-state index < -0.39 is 0 Å². The minimum Gasteiger partial charge on any atom is -0.395 e. The van der Waals surface area contributed by atoms with Gasteiger partial charge in [0.2, 0.25) is 5.91 Å². The van der Waals surface area contributed by atoms with E-state index in [4.69, 9.17) is 0 Å². The first-order valence-corrected chi connectivity index (χ1v) is 7.52. The standard InChI is InChI=1S/C13H23NO2S/c1-9(11-6-4-5-7-11)13(16)14-10(2)12(8-15)17-3/h10,12,15H,4-8H2,1-3H3,(H,14,16)/t10-,12-/m1/s1. The largest absolute Gasteiger partial charge is 0.395 e. The summed E-state index contributed by atoms with van der Waals surface area (Å²) in [6.07, 6.45) is 6.50. The predicted octanol–water partition coefficient (Wildman–Crippen LogP) is 2.11. The zero-order chi connectivity index (χ0) is 12.8. The van der Waals surface area contributed by atoms with Gasteiger partial charge in [-0.1, -0.05) is 5.57 Å². The van der Waals surface area contributed by atoms with Crippen molar-refractivity contribution in [2.75, 3.05) is 12.9 Å². The van der Waals surface area contributed by atoms with Crippen molar-refractivity contribution in [1.82, 2.24) is 5.32 Å². The van der Waals surface area contributed by atoms with E-state index in [1.807, 2.05) is 20.1 Å². The third kappa shape index (κ3) is 4.03. The average Bonchev–Trinajstić information content (AvgIpc) is 2.83. The lowest BCUT2D eigenvalue weighted by atomic mass is 10.1. The molecule has 1 rings (SSSR count). The van der Waals surface area contributed by atoms with Crippen molar-refractivity contribution in [2.45, 2.75) is 50.8 Å². The molecule has 0 unspecified atom stereocenters. The van der Waals surface area contributed by atoms with Gasteiger partial charge in [-0.25, -0.2) is 0 Å². The molecule has 2 N–H and O–H groups in total. The quantitative estimate of drug-likeness (QED) is 0.742. The number of carbonyl (C=O) groups is 1. The number of carbonyl (C=O) groups excluding carboxylic acids is 1. The third-order valence-electron chi connectivity index (χ3n) is 3.48. The van der Waals surface area contributed by atoms with Gasteiger partial charge < -0.3 is 10.4 Å². The number of hydrogen-bond acceptors (Lipinski definition) is 3.